The number of carbonyl (C=O) groups is 1. The molecule has 0 spiro atoms. The van der Waals surface area contributed by atoms with Gasteiger partial charge in [-0.3, -0.25) is 4.79 Å². The van der Waals surface area contributed by atoms with Crippen LogP contribution >= 0.6 is 11.6 Å². The highest BCUT2D eigenvalue weighted by Crippen LogP contribution is 2.33. The summed E-state index contributed by atoms with van der Waals surface area (Å²) in [6, 6.07) is 3.73. The van der Waals surface area contributed by atoms with Crippen LogP contribution in [0.1, 0.15) is 37.8 Å². The summed E-state index contributed by atoms with van der Waals surface area (Å²) in [5, 5.41) is 0.457. The van der Waals surface area contributed by atoms with Gasteiger partial charge in [-0.1, -0.05) is 18.5 Å². The fourth-order valence-electron chi connectivity index (χ4n) is 2.62. The molecule has 1 aromatic carbocycles. The van der Waals surface area contributed by atoms with E-state index in [1.54, 1.807) is 11.0 Å². The molecule has 0 aromatic heterocycles. The molecule has 104 valence electrons. The van der Waals surface area contributed by atoms with Crippen molar-refractivity contribution < 1.29 is 9.18 Å². The lowest BCUT2D eigenvalue weighted by molar-refractivity contribution is -0.137. The third kappa shape index (κ3) is 2.90. The fraction of sp³-hybridized carbons (Fsp3) is 0.500. The van der Waals surface area contributed by atoms with Crippen LogP contribution < -0.4 is 5.73 Å². The highest BCUT2D eigenvalue weighted by Gasteiger charge is 2.35. The lowest BCUT2D eigenvalue weighted by Crippen LogP contribution is -2.49. The van der Waals surface area contributed by atoms with Crippen LogP contribution in [0.5, 0.6) is 0 Å². The minimum atomic E-state index is -0.417. The van der Waals surface area contributed by atoms with Crippen molar-refractivity contribution in [3.8, 4) is 0 Å². The molecule has 0 radical (unpaired) electrons. The van der Waals surface area contributed by atoms with E-state index in [1.165, 1.54) is 12.1 Å². The van der Waals surface area contributed by atoms with Crippen LogP contribution in [-0.4, -0.2) is 23.4 Å². The molecule has 1 aliphatic heterocycles. The molecule has 3 nitrogen and oxygen atoms in total. The second-order valence-electron chi connectivity index (χ2n) is 4.90. The monoisotopic (exact) mass is 284 g/mol. The van der Waals surface area contributed by atoms with Gasteiger partial charge in [0.05, 0.1) is 6.04 Å². The molecule has 1 saturated heterocycles. The Morgan fingerprint density at radius 3 is 2.95 bits per heavy atom. The van der Waals surface area contributed by atoms with Crippen LogP contribution in [0.3, 0.4) is 0 Å². The summed E-state index contributed by atoms with van der Waals surface area (Å²) in [4.78, 5) is 13.7. The van der Waals surface area contributed by atoms with E-state index in [4.69, 9.17) is 17.3 Å². The number of nitrogens with two attached hydrogens (primary N) is 1. The Labute approximate surface area is 117 Å². The first kappa shape index (κ1) is 14.3. The summed E-state index contributed by atoms with van der Waals surface area (Å²) in [5.74, 6) is -0.325. The van der Waals surface area contributed by atoms with Crippen LogP contribution in [0.4, 0.5) is 4.39 Å². The Morgan fingerprint density at radius 2 is 2.26 bits per heavy atom. The predicted molar refractivity (Wildman–Crippen MR) is 73.4 cm³/mol. The highest BCUT2D eigenvalue weighted by atomic mass is 35.5. The van der Waals surface area contributed by atoms with Crippen LogP contribution in [0, 0.1) is 5.82 Å². The zero-order valence-corrected chi connectivity index (χ0v) is 11.7. The van der Waals surface area contributed by atoms with E-state index in [9.17, 15) is 9.18 Å². The van der Waals surface area contributed by atoms with Crippen molar-refractivity contribution in [1.29, 1.82) is 0 Å². The molecule has 5 heteroatoms. The van der Waals surface area contributed by atoms with E-state index in [1.807, 2.05) is 6.92 Å². The minimum absolute atomic E-state index is 0.0351. The molecule has 19 heavy (non-hydrogen) atoms. The van der Waals surface area contributed by atoms with Gasteiger partial charge < -0.3 is 10.6 Å². The Balaban J connectivity index is 2.41. The number of carbonyl (C=O) groups excluding carboxylic acids is 1. The summed E-state index contributed by atoms with van der Waals surface area (Å²) in [7, 11) is 0. The van der Waals surface area contributed by atoms with Crippen molar-refractivity contribution in [3.05, 3.63) is 34.6 Å². The van der Waals surface area contributed by atoms with Gasteiger partial charge in [0.15, 0.2) is 0 Å². The average Bonchev–Trinajstić information content (AvgIpc) is 2.38. The largest absolute Gasteiger partial charge is 0.334 e. The van der Waals surface area contributed by atoms with Crippen LogP contribution in [0.15, 0.2) is 18.2 Å². The topological polar surface area (TPSA) is 46.3 Å². The van der Waals surface area contributed by atoms with Gasteiger partial charge in [0.25, 0.3) is 0 Å². The first-order chi connectivity index (χ1) is 9.04. The van der Waals surface area contributed by atoms with Gasteiger partial charge >= 0.3 is 0 Å². The summed E-state index contributed by atoms with van der Waals surface area (Å²) in [6.07, 6.45) is 1.83. The number of nitrogens with zero attached hydrogens (tertiary/aromatic N) is 1. The van der Waals surface area contributed by atoms with E-state index in [0.29, 0.717) is 30.0 Å². The molecule has 0 saturated carbocycles. The summed E-state index contributed by atoms with van der Waals surface area (Å²) >= 11 is 5.93. The van der Waals surface area contributed by atoms with Crippen molar-refractivity contribution in [2.24, 2.45) is 5.73 Å². The number of piperidine rings is 1. The SMILES string of the molecule is CCCN1C(=O)CCC(N)C1c1cc(Cl)ccc1F. The van der Waals surface area contributed by atoms with E-state index in [-0.39, 0.29) is 17.8 Å². The number of rotatable bonds is 3. The zero-order chi connectivity index (χ0) is 14.0. The van der Waals surface area contributed by atoms with Crippen LogP contribution in [0.2, 0.25) is 5.02 Å². The van der Waals surface area contributed by atoms with Gasteiger partial charge in [-0.25, -0.2) is 4.39 Å². The third-order valence-electron chi connectivity index (χ3n) is 3.49. The second-order valence-corrected chi connectivity index (χ2v) is 5.34. The van der Waals surface area contributed by atoms with Crippen LogP contribution in [-0.2, 0) is 4.79 Å². The van der Waals surface area contributed by atoms with Crippen molar-refractivity contribution in [2.45, 2.75) is 38.3 Å². The van der Waals surface area contributed by atoms with Crippen molar-refractivity contribution in [3.63, 3.8) is 0 Å². The second kappa shape index (κ2) is 5.88. The molecular weight excluding hydrogens is 267 g/mol. The molecule has 2 rings (SSSR count). The standard InChI is InChI=1S/C14H18ClFN2O/c1-2-7-18-13(19)6-5-12(17)14(18)10-8-9(15)3-4-11(10)16/h3-4,8,12,14H,2,5-7,17H2,1H3. The fourth-order valence-corrected chi connectivity index (χ4v) is 2.80. The van der Waals surface area contributed by atoms with Crippen molar-refractivity contribution in [1.82, 2.24) is 4.90 Å². The maximum atomic E-state index is 14.0. The number of halogens is 2. The van der Waals surface area contributed by atoms with Gasteiger partial charge in [0.1, 0.15) is 5.82 Å². The third-order valence-corrected chi connectivity index (χ3v) is 3.73. The minimum Gasteiger partial charge on any atom is -0.334 e. The number of likely N-dealkylation sites (tertiary alicyclic amines) is 1. The van der Waals surface area contributed by atoms with Gasteiger partial charge in [-0.05, 0) is 31.0 Å². The average molecular weight is 285 g/mol. The molecule has 1 amide bonds. The number of hydrogen-bond acceptors (Lipinski definition) is 2. The highest BCUT2D eigenvalue weighted by molar-refractivity contribution is 6.30. The van der Waals surface area contributed by atoms with E-state index in [0.717, 1.165) is 6.42 Å². The molecule has 0 aliphatic carbocycles. The van der Waals surface area contributed by atoms with Gasteiger partial charge in [-0.2, -0.15) is 0 Å². The predicted octanol–water partition coefficient (Wildman–Crippen LogP) is 2.88. The maximum absolute atomic E-state index is 14.0. The smallest absolute Gasteiger partial charge is 0.223 e. The lowest BCUT2D eigenvalue weighted by atomic mass is 9.90. The molecule has 1 aliphatic rings. The van der Waals surface area contributed by atoms with Crippen molar-refractivity contribution in [2.75, 3.05) is 6.54 Å². The molecule has 1 heterocycles. The maximum Gasteiger partial charge on any atom is 0.223 e. The molecule has 1 fully saturated rings. The first-order valence-electron chi connectivity index (χ1n) is 6.54. The molecule has 2 atom stereocenters. The van der Waals surface area contributed by atoms with Gasteiger partial charge in [-0.15, -0.1) is 0 Å². The number of benzene rings is 1. The lowest BCUT2D eigenvalue weighted by Gasteiger charge is -2.40. The zero-order valence-electron chi connectivity index (χ0n) is 10.9. The number of hydrogen-bond donors (Lipinski definition) is 1. The van der Waals surface area contributed by atoms with E-state index < -0.39 is 6.04 Å². The molecule has 1 aromatic rings. The summed E-state index contributed by atoms with van der Waals surface area (Å²) < 4.78 is 14.0. The van der Waals surface area contributed by atoms with E-state index in [2.05, 4.69) is 0 Å². The summed E-state index contributed by atoms with van der Waals surface area (Å²) in [6.45, 7) is 2.57. The Hall–Kier alpha value is -1.13. The van der Waals surface area contributed by atoms with E-state index >= 15 is 0 Å². The Kier molecular flexibility index (Phi) is 4.42. The van der Waals surface area contributed by atoms with Crippen LogP contribution in [0.25, 0.3) is 0 Å². The summed E-state index contributed by atoms with van der Waals surface area (Å²) in [5.41, 5.74) is 6.53. The first-order valence-corrected chi connectivity index (χ1v) is 6.92. The molecular formula is C14H18ClFN2O. The molecule has 0 bridgehead atoms. The number of amides is 1. The normalized spacial score (nSPS) is 23.8. The molecule has 2 N–H and O–H groups in total. The quantitative estimate of drug-likeness (QED) is 0.928. The molecule has 2 unspecified atom stereocenters. The van der Waals surface area contributed by atoms with Gasteiger partial charge in [0.2, 0.25) is 5.91 Å². The Bertz CT molecular complexity index is 481. The van der Waals surface area contributed by atoms with Crippen molar-refractivity contribution >= 4 is 17.5 Å². The van der Waals surface area contributed by atoms with Gasteiger partial charge in [0, 0.05) is 29.6 Å². The Morgan fingerprint density at radius 1 is 1.53 bits per heavy atom.